The van der Waals surface area contributed by atoms with Crippen LogP contribution in [0.25, 0.3) is 0 Å². The monoisotopic (exact) mass is 372 g/mol. The van der Waals surface area contributed by atoms with Crippen LogP contribution in [0.5, 0.6) is 0 Å². The SMILES string of the molecule is CC(C)(C)OC(=O)N1CCC(c2ccc([C@H]3CCC(=O)NC3=O)cc2)CC1. The first-order valence-corrected chi connectivity index (χ1v) is 9.64. The second-order valence-corrected chi connectivity index (χ2v) is 8.41. The van der Waals surface area contributed by atoms with E-state index in [0.29, 0.717) is 31.8 Å². The van der Waals surface area contributed by atoms with Crippen molar-refractivity contribution in [2.45, 2.75) is 63.9 Å². The zero-order valence-corrected chi connectivity index (χ0v) is 16.3. The molecule has 0 aromatic heterocycles. The van der Waals surface area contributed by atoms with Gasteiger partial charge in [0, 0.05) is 19.5 Å². The van der Waals surface area contributed by atoms with Crippen LogP contribution < -0.4 is 5.32 Å². The minimum Gasteiger partial charge on any atom is -0.444 e. The van der Waals surface area contributed by atoms with Crippen molar-refractivity contribution < 1.29 is 19.1 Å². The zero-order valence-electron chi connectivity index (χ0n) is 16.3. The third-order valence-corrected chi connectivity index (χ3v) is 5.20. The third-order valence-electron chi connectivity index (χ3n) is 5.20. The van der Waals surface area contributed by atoms with Crippen LogP contribution in [0.1, 0.15) is 69.4 Å². The predicted molar refractivity (Wildman–Crippen MR) is 101 cm³/mol. The third kappa shape index (κ3) is 4.87. The summed E-state index contributed by atoms with van der Waals surface area (Å²) in [6, 6.07) is 8.14. The highest BCUT2D eigenvalue weighted by molar-refractivity contribution is 6.00. The van der Waals surface area contributed by atoms with Gasteiger partial charge >= 0.3 is 6.09 Å². The second-order valence-electron chi connectivity index (χ2n) is 8.41. The number of imide groups is 1. The van der Waals surface area contributed by atoms with Crippen LogP contribution in [-0.4, -0.2) is 41.5 Å². The van der Waals surface area contributed by atoms with Gasteiger partial charge < -0.3 is 9.64 Å². The van der Waals surface area contributed by atoms with Gasteiger partial charge in [-0.2, -0.15) is 0 Å². The van der Waals surface area contributed by atoms with Crippen molar-refractivity contribution in [3.63, 3.8) is 0 Å². The zero-order chi connectivity index (χ0) is 19.6. The van der Waals surface area contributed by atoms with Gasteiger partial charge in [0.1, 0.15) is 5.60 Å². The standard InChI is InChI=1S/C21H28N2O4/c1-21(2,3)27-20(26)23-12-10-15(11-13-23)14-4-6-16(7-5-14)17-8-9-18(24)22-19(17)25/h4-7,15,17H,8-13H2,1-3H3,(H,22,24,25)/t17-/m1/s1. The number of nitrogens with zero attached hydrogens (tertiary/aromatic N) is 1. The number of ether oxygens (including phenoxy) is 1. The van der Waals surface area contributed by atoms with E-state index in [1.165, 1.54) is 5.56 Å². The topological polar surface area (TPSA) is 75.7 Å². The Morgan fingerprint density at radius 2 is 1.63 bits per heavy atom. The molecule has 2 aliphatic rings. The van der Waals surface area contributed by atoms with Crippen LogP contribution in [0.15, 0.2) is 24.3 Å². The first-order valence-electron chi connectivity index (χ1n) is 9.64. The van der Waals surface area contributed by atoms with Crippen molar-refractivity contribution in [2.75, 3.05) is 13.1 Å². The van der Waals surface area contributed by atoms with Gasteiger partial charge in [0.25, 0.3) is 0 Å². The largest absolute Gasteiger partial charge is 0.444 e. The normalized spacial score (nSPS) is 21.7. The van der Waals surface area contributed by atoms with Crippen molar-refractivity contribution in [2.24, 2.45) is 0 Å². The van der Waals surface area contributed by atoms with Crippen LogP contribution in [0.2, 0.25) is 0 Å². The fourth-order valence-corrected chi connectivity index (χ4v) is 3.73. The lowest BCUT2D eigenvalue weighted by Crippen LogP contribution is -2.41. The molecule has 1 aromatic rings. The van der Waals surface area contributed by atoms with E-state index in [1.54, 1.807) is 4.90 Å². The molecule has 3 rings (SSSR count). The molecular formula is C21H28N2O4. The van der Waals surface area contributed by atoms with Crippen LogP contribution >= 0.6 is 0 Å². The van der Waals surface area contributed by atoms with Crippen LogP contribution in [0, 0.1) is 0 Å². The van der Waals surface area contributed by atoms with Gasteiger partial charge in [-0.05, 0) is 57.1 Å². The molecule has 6 nitrogen and oxygen atoms in total. The molecule has 0 bridgehead atoms. The first kappa shape index (κ1) is 19.4. The Bertz CT molecular complexity index is 713. The van der Waals surface area contributed by atoms with E-state index in [0.717, 1.165) is 18.4 Å². The Labute approximate surface area is 160 Å². The quantitative estimate of drug-likeness (QED) is 0.808. The van der Waals surface area contributed by atoms with Gasteiger partial charge in [-0.3, -0.25) is 14.9 Å². The maximum atomic E-state index is 12.2. The fraction of sp³-hybridized carbons (Fsp3) is 0.571. The van der Waals surface area contributed by atoms with Gasteiger partial charge in [-0.15, -0.1) is 0 Å². The minimum absolute atomic E-state index is 0.190. The lowest BCUT2D eigenvalue weighted by Gasteiger charge is -2.33. The predicted octanol–water partition coefficient (Wildman–Crippen LogP) is 3.32. The van der Waals surface area contributed by atoms with Crippen LogP contribution in [0.3, 0.4) is 0 Å². The molecule has 1 atom stereocenters. The number of nitrogens with one attached hydrogen (secondary N) is 1. The summed E-state index contributed by atoms with van der Waals surface area (Å²) >= 11 is 0. The van der Waals surface area contributed by atoms with Crippen LogP contribution in [-0.2, 0) is 14.3 Å². The Hall–Kier alpha value is -2.37. The number of carbonyl (C=O) groups excluding carboxylic acids is 3. The molecule has 0 unspecified atom stereocenters. The van der Waals surface area contributed by atoms with Crippen molar-refractivity contribution in [1.82, 2.24) is 10.2 Å². The number of rotatable bonds is 2. The average Bonchev–Trinajstić information content (AvgIpc) is 2.61. The minimum atomic E-state index is -0.472. The molecule has 0 radical (unpaired) electrons. The Morgan fingerprint density at radius 1 is 1.04 bits per heavy atom. The summed E-state index contributed by atoms with van der Waals surface area (Å²) in [6.45, 7) is 7.01. The van der Waals surface area contributed by atoms with E-state index >= 15 is 0 Å². The maximum absolute atomic E-state index is 12.2. The molecule has 146 valence electrons. The molecule has 3 amide bonds. The molecule has 1 aromatic carbocycles. The lowest BCUT2D eigenvalue weighted by molar-refractivity contribution is -0.134. The molecule has 2 aliphatic heterocycles. The molecule has 0 aliphatic carbocycles. The number of piperidine rings is 2. The molecule has 2 fully saturated rings. The van der Waals surface area contributed by atoms with E-state index in [-0.39, 0.29) is 23.8 Å². The number of likely N-dealkylation sites (tertiary alicyclic amines) is 1. The number of amides is 3. The van der Waals surface area contributed by atoms with E-state index in [2.05, 4.69) is 17.4 Å². The Kier molecular flexibility index (Phi) is 5.53. The smallest absolute Gasteiger partial charge is 0.410 e. The molecule has 0 saturated carbocycles. The molecule has 0 spiro atoms. The maximum Gasteiger partial charge on any atom is 0.410 e. The highest BCUT2D eigenvalue weighted by atomic mass is 16.6. The number of hydrogen-bond donors (Lipinski definition) is 1. The van der Waals surface area contributed by atoms with E-state index in [4.69, 9.17) is 4.74 Å². The van der Waals surface area contributed by atoms with Crippen molar-refractivity contribution in [3.05, 3.63) is 35.4 Å². The molecule has 27 heavy (non-hydrogen) atoms. The van der Waals surface area contributed by atoms with Crippen LogP contribution in [0.4, 0.5) is 4.79 Å². The number of carbonyl (C=O) groups is 3. The van der Waals surface area contributed by atoms with Gasteiger partial charge in [0.15, 0.2) is 0 Å². The van der Waals surface area contributed by atoms with E-state index < -0.39 is 5.60 Å². The Morgan fingerprint density at radius 3 is 2.19 bits per heavy atom. The van der Waals surface area contributed by atoms with E-state index in [1.807, 2.05) is 32.9 Å². The molecular weight excluding hydrogens is 344 g/mol. The number of hydrogen-bond acceptors (Lipinski definition) is 4. The van der Waals surface area contributed by atoms with Gasteiger partial charge in [0.2, 0.25) is 11.8 Å². The molecule has 1 N–H and O–H groups in total. The summed E-state index contributed by atoms with van der Waals surface area (Å²) in [7, 11) is 0. The summed E-state index contributed by atoms with van der Waals surface area (Å²) in [5.41, 5.74) is 1.71. The Balaban J connectivity index is 1.57. The molecule has 6 heteroatoms. The molecule has 2 saturated heterocycles. The lowest BCUT2D eigenvalue weighted by atomic mass is 9.86. The number of benzene rings is 1. The first-order chi connectivity index (χ1) is 12.7. The molecule has 2 heterocycles. The summed E-state index contributed by atoms with van der Waals surface area (Å²) in [5.74, 6) is -0.237. The van der Waals surface area contributed by atoms with Gasteiger partial charge in [-0.1, -0.05) is 24.3 Å². The summed E-state index contributed by atoms with van der Waals surface area (Å²) in [6.07, 6.45) is 2.52. The second kappa shape index (κ2) is 7.71. The summed E-state index contributed by atoms with van der Waals surface area (Å²) in [5, 5.41) is 2.41. The fourth-order valence-electron chi connectivity index (χ4n) is 3.73. The van der Waals surface area contributed by atoms with E-state index in [9.17, 15) is 14.4 Å². The average molecular weight is 372 g/mol. The van der Waals surface area contributed by atoms with Gasteiger partial charge in [0.05, 0.1) is 5.92 Å². The summed E-state index contributed by atoms with van der Waals surface area (Å²) in [4.78, 5) is 37.3. The van der Waals surface area contributed by atoms with Crippen molar-refractivity contribution in [1.29, 1.82) is 0 Å². The highest BCUT2D eigenvalue weighted by Crippen LogP contribution is 2.31. The van der Waals surface area contributed by atoms with Crippen molar-refractivity contribution >= 4 is 17.9 Å². The summed E-state index contributed by atoms with van der Waals surface area (Å²) < 4.78 is 5.44. The highest BCUT2D eigenvalue weighted by Gasteiger charge is 2.29. The van der Waals surface area contributed by atoms with Gasteiger partial charge in [-0.25, -0.2) is 4.79 Å². The van der Waals surface area contributed by atoms with Crippen molar-refractivity contribution in [3.8, 4) is 0 Å².